The van der Waals surface area contributed by atoms with Crippen molar-refractivity contribution in [3.05, 3.63) is 80.3 Å². The maximum atomic E-state index is 13.3. The molecule has 0 amide bonds. The van der Waals surface area contributed by atoms with Crippen LogP contribution in [0, 0.1) is 18.3 Å². The second-order valence-corrected chi connectivity index (χ2v) is 10.5. The molecule has 1 aliphatic heterocycles. The van der Waals surface area contributed by atoms with Crippen molar-refractivity contribution < 1.29 is 0 Å². The third-order valence-electron chi connectivity index (χ3n) is 7.04. The summed E-state index contributed by atoms with van der Waals surface area (Å²) in [6.07, 6.45) is 5.12. The second-order valence-electron chi connectivity index (χ2n) is 9.66. The number of para-hydroxylation sites is 1. The zero-order valence-corrected chi connectivity index (χ0v) is 22.9. The Hall–Kier alpha value is -3.64. The lowest BCUT2D eigenvalue weighted by atomic mass is 10.0. The van der Waals surface area contributed by atoms with Gasteiger partial charge in [0.1, 0.15) is 11.6 Å². The molecule has 2 aromatic heterocycles. The van der Waals surface area contributed by atoms with Gasteiger partial charge in [0.15, 0.2) is 0 Å². The first-order valence-electron chi connectivity index (χ1n) is 12.3. The van der Waals surface area contributed by atoms with Crippen LogP contribution in [-0.2, 0) is 0 Å². The van der Waals surface area contributed by atoms with Crippen LogP contribution < -0.4 is 15.8 Å². The number of aromatic nitrogens is 3. The molecule has 0 radical (unpaired) electrons. The van der Waals surface area contributed by atoms with Crippen LogP contribution in [0.25, 0.3) is 16.6 Å². The summed E-state index contributed by atoms with van der Waals surface area (Å²) in [5.41, 5.74) is 3.54. The molecule has 0 spiro atoms. The minimum Gasteiger partial charge on any atom is -0.371 e. The Morgan fingerprint density at radius 2 is 1.84 bits per heavy atom. The highest BCUT2D eigenvalue weighted by Crippen LogP contribution is 2.30. The van der Waals surface area contributed by atoms with Crippen molar-refractivity contribution >= 4 is 51.4 Å². The summed E-state index contributed by atoms with van der Waals surface area (Å²) in [7, 11) is 4.29. The standard InChI is InChI=1S/C28H27Cl2N7O/c1-17-13-19(7-8-24(17)36-11-9-20(10-12-36)35(2)3)33-28-32-15-21-25(34-28)18(14-31)16-37(27(21)38)26-22(29)5-4-6-23(26)30/h4-8,13,15-16,20H,9-12H2,1-3H3,(H,32,33,34). The Balaban J connectivity index is 1.43. The lowest BCUT2D eigenvalue weighted by molar-refractivity contribution is 0.249. The number of piperidine rings is 1. The Morgan fingerprint density at radius 1 is 1.13 bits per heavy atom. The predicted molar refractivity (Wildman–Crippen MR) is 153 cm³/mol. The number of hydrogen-bond donors (Lipinski definition) is 1. The molecule has 1 fully saturated rings. The topological polar surface area (TPSA) is 90.1 Å². The molecule has 0 atom stereocenters. The Kier molecular flexibility index (Phi) is 7.26. The summed E-state index contributed by atoms with van der Waals surface area (Å²) in [5, 5.41) is 13.8. The van der Waals surface area contributed by atoms with E-state index in [0.717, 1.165) is 37.2 Å². The van der Waals surface area contributed by atoms with E-state index in [9.17, 15) is 10.1 Å². The summed E-state index contributed by atoms with van der Waals surface area (Å²) in [6, 6.07) is 13.9. The van der Waals surface area contributed by atoms with E-state index in [1.807, 2.05) is 6.07 Å². The summed E-state index contributed by atoms with van der Waals surface area (Å²) in [6.45, 7) is 4.14. The van der Waals surface area contributed by atoms with Crippen LogP contribution in [0.15, 0.2) is 53.6 Å². The van der Waals surface area contributed by atoms with Crippen molar-refractivity contribution in [1.82, 2.24) is 19.4 Å². The van der Waals surface area contributed by atoms with Crippen LogP contribution in [0.4, 0.5) is 17.3 Å². The lowest BCUT2D eigenvalue weighted by Crippen LogP contribution is -2.42. The van der Waals surface area contributed by atoms with Gasteiger partial charge < -0.3 is 15.1 Å². The third kappa shape index (κ3) is 4.93. The molecule has 3 heterocycles. The minimum atomic E-state index is -0.418. The molecule has 194 valence electrons. The smallest absolute Gasteiger partial charge is 0.266 e. The quantitative estimate of drug-likeness (QED) is 0.350. The number of pyridine rings is 1. The molecule has 38 heavy (non-hydrogen) atoms. The van der Waals surface area contributed by atoms with E-state index in [1.165, 1.54) is 22.6 Å². The number of hydrogen-bond acceptors (Lipinski definition) is 7. The van der Waals surface area contributed by atoms with Crippen molar-refractivity contribution in [1.29, 1.82) is 5.26 Å². The molecule has 0 saturated carbocycles. The minimum absolute atomic E-state index is 0.193. The van der Waals surface area contributed by atoms with E-state index in [2.05, 4.69) is 64.3 Å². The largest absolute Gasteiger partial charge is 0.371 e. The Morgan fingerprint density at radius 3 is 2.47 bits per heavy atom. The zero-order chi connectivity index (χ0) is 27.0. The van der Waals surface area contributed by atoms with Gasteiger partial charge in [-0.15, -0.1) is 0 Å². The molecule has 1 saturated heterocycles. The highest BCUT2D eigenvalue weighted by Gasteiger charge is 2.22. The molecule has 5 rings (SSSR count). The fourth-order valence-corrected chi connectivity index (χ4v) is 5.57. The van der Waals surface area contributed by atoms with Gasteiger partial charge in [-0.1, -0.05) is 29.3 Å². The Bertz CT molecular complexity index is 1600. The van der Waals surface area contributed by atoms with Gasteiger partial charge in [-0.05, 0) is 69.8 Å². The maximum Gasteiger partial charge on any atom is 0.266 e. The number of anilines is 3. The van der Waals surface area contributed by atoms with Gasteiger partial charge in [-0.25, -0.2) is 9.97 Å². The van der Waals surface area contributed by atoms with Crippen molar-refractivity contribution in [2.75, 3.05) is 37.4 Å². The summed E-state index contributed by atoms with van der Waals surface area (Å²) in [5.74, 6) is 0.292. The summed E-state index contributed by atoms with van der Waals surface area (Å²) >= 11 is 12.6. The number of nitrogens with one attached hydrogen (secondary N) is 1. The monoisotopic (exact) mass is 547 g/mol. The molecule has 1 aliphatic rings. The number of halogens is 2. The van der Waals surface area contributed by atoms with Crippen LogP contribution in [0.3, 0.4) is 0 Å². The molecule has 2 aromatic carbocycles. The van der Waals surface area contributed by atoms with Gasteiger partial charge in [0.05, 0.1) is 26.7 Å². The number of nitrogens with zero attached hydrogens (tertiary/aromatic N) is 6. The fraction of sp³-hybridized carbons (Fsp3) is 0.286. The normalized spacial score (nSPS) is 14.2. The van der Waals surface area contributed by atoms with E-state index >= 15 is 0 Å². The molecule has 4 aromatic rings. The molecular formula is C28H27Cl2N7O. The van der Waals surface area contributed by atoms with E-state index in [-0.39, 0.29) is 16.5 Å². The number of nitriles is 1. The van der Waals surface area contributed by atoms with Crippen molar-refractivity contribution in [3.8, 4) is 11.8 Å². The van der Waals surface area contributed by atoms with Crippen molar-refractivity contribution in [2.24, 2.45) is 0 Å². The number of rotatable bonds is 5. The summed E-state index contributed by atoms with van der Waals surface area (Å²) in [4.78, 5) is 26.9. The van der Waals surface area contributed by atoms with E-state index in [1.54, 1.807) is 18.2 Å². The van der Waals surface area contributed by atoms with Crippen molar-refractivity contribution in [2.45, 2.75) is 25.8 Å². The SMILES string of the molecule is Cc1cc(Nc2ncc3c(=O)n(-c4c(Cl)cccc4Cl)cc(C#N)c3n2)ccc1N1CCC(N(C)C)CC1. The van der Waals surface area contributed by atoms with Gasteiger partial charge in [-0.2, -0.15) is 5.26 Å². The first kappa shape index (κ1) is 26.0. The van der Waals surface area contributed by atoms with Gasteiger partial charge >= 0.3 is 0 Å². The van der Waals surface area contributed by atoms with Crippen LogP contribution in [0.5, 0.6) is 0 Å². The summed E-state index contributed by atoms with van der Waals surface area (Å²) < 4.78 is 1.27. The number of aryl methyl sites for hydroxylation is 1. The molecule has 0 unspecified atom stereocenters. The van der Waals surface area contributed by atoms with Crippen LogP contribution in [-0.4, -0.2) is 52.7 Å². The van der Waals surface area contributed by atoms with E-state index < -0.39 is 5.56 Å². The average molecular weight is 548 g/mol. The second kappa shape index (κ2) is 10.6. The lowest BCUT2D eigenvalue weighted by Gasteiger charge is -2.37. The van der Waals surface area contributed by atoms with Gasteiger partial charge in [0.25, 0.3) is 5.56 Å². The molecule has 0 bridgehead atoms. The number of fused-ring (bicyclic) bond motifs is 1. The first-order valence-corrected chi connectivity index (χ1v) is 13.1. The molecule has 0 aliphatic carbocycles. The molecule has 8 nitrogen and oxygen atoms in total. The average Bonchev–Trinajstić information content (AvgIpc) is 2.90. The highest BCUT2D eigenvalue weighted by molar-refractivity contribution is 6.37. The zero-order valence-electron chi connectivity index (χ0n) is 21.4. The van der Waals surface area contributed by atoms with Gasteiger partial charge in [-0.3, -0.25) is 9.36 Å². The number of benzene rings is 2. The maximum absolute atomic E-state index is 13.3. The molecular weight excluding hydrogens is 521 g/mol. The molecule has 1 N–H and O–H groups in total. The van der Waals surface area contributed by atoms with Crippen LogP contribution in [0.2, 0.25) is 10.0 Å². The van der Waals surface area contributed by atoms with E-state index in [4.69, 9.17) is 23.2 Å². The highest BCUT2D eigenvalue weighted by atomic mass is 35.5. The third-order valence-corrected chi connectivity index (χ3v) is 7.65. The molecule has 10 heteroatoms. The first-order chi connectivity index (χ1) is 18.3. The van der Waals surface area contributed by atoms with E-state index in [0.29, 0.717) is 27.7 Å². The van der Waals surface area contributed by atoms with Gasteiger partial charge in [0, 0.05) is 42.9 Å². The van der Waals surface area contributed by atoms with Crippen LogP contribution >= 0.6 is 23.2 Å². The van der Waals surface area contributed by atoms with Crippen molar-refractivity contribution in [3.63, 3.8) is 0 Å². The fourth-order valence-electron chi connectivity index (χ4n) is 4.99. The van der Waals surface area contributed by atoms with Crippen LogP contribution in [0.1, 0.15) is 24.0 Å². The van der Waals surface area contributed by atoms with Gasteiger partial charge in [0.2, 0.25) is 5.95 Å². The predicted octanol–water partition coefficient (Wildman–Crippen LogP) is 5.54. The Labute approximate surface area is 231 Å².